The number of rotatable bonds is 10. The SMILES string of the molecule is CCOP(C)(=O)COc1cc2c(N3CCN4CC[C@@H](C(=O)Cc5ccccn5)N4C3=O)cn(C(N)=O)c2cc1-c1cncnc1. The number of primary amides is 1. The first-order valence-corrected chi connectivity index (χ1v) is 16.8. The number of carbonyl (C=O) groups excluding carboxylic acids is 3. The molecule has 234 valence electrons. The van der Waals surface area contributed by atoms with Crippen molar-refractivity contribution in [3.63, 3.8) is 0 Å². The smallest absolute Gasteiger partial charge is 0.339 e. The Labute approximate surface area is 259 Å². The van der Waals surface area contributed by atoms with Crippen molar-refractivity contribution in [1.82, 2.24) is 29.5 Å². The molecule has 15 heteroatoms. The van der Waals surface area contributed by atoms with Crippen LogP contribution in [0.15, 0.2) is 61.4 Å². The zero-order valence-electron chi connectivity index (χ0n) is 24.9. The third kappa shape index (κ3) is 6.04. The van der Waals surface area contributed by atoms with Gasteiger partial charge in [-0.25, -0.2) is 29.6 Å². The summed E-state index contributed by atoms with van der Waals surface area (Å²) in [4.78, 5) is 54.2. The van der Waals surface area contributed by atoms with Crippen molar-refractivity contribution in [3.05, 3.63) is 67.1 Å². The number of hydrogen-bond donors (Lipinski definition) is 1. The van der Waals surface area contributed by atoms with Crippen molar-refractivity contribution in [2.45, 2.75) is 25.8 Å². The fourth-order valence-electron chi connectivity index (χ4n) is 5.84. The molecule has 0 radical (unpaired) electrons. The number of anilines is 1. The minimum atomic E-state index is -3.09. The largest absolute Gasteiger partial charge is 0.483 e. The zero-order valence-corrected chi connectivity index (χ0v) is 25.8. The number of fused-ring (bicyclic) bond motifs is 2. The van der Waals surface area contributed by atoms with E-state index in [9.17, 15) is 18.9 Å². The molecule has 2 aliphatic heterocycles. The van der Waals surface area contributed by atoms with Crippen LogP contribution in [0.5, 0.6) is 5.75 Å². The molecular formula is C30H33N8O6P. The normalized spacial score (nSPS) is 18.2. The molecule has 0 spiro atoms. The number of hydrazine groups is 1. The zero-order chi connectivity index (χ0) is 31.7. The van der Waals surface area contributed by atoms with Crippen LogP contribution in [0.3, 0.4) is 0 Å². The fourth-order valence-corrected chi connectivity index (χ4v) is 6.83. The van der Waals surface area contributed by atoms with Crippen molar-refractivity contribution in [1.29, 1.82) is 0 Å². The Morgan fingerprint density at radius 3 is 2.64 bits per heavy atom. The van der Waals surface area contributed by atoms with Crippen LogP contribution in [0.25, 0.3) is 22.0 Å². The van der Waals surface area contributed by atoms with Crippen molar-refractivity contribution in [2.24, 2.45) is 5.73 Å². The van der Waals surface area contributed by atoms with Crippen molar-refractivity contribution < 1.29 is 28.2 Å². The van der Waals surface area contributed by atoms with Gasteiger partial charge in [0, 0.05) is 73.3 Å². The molecule has 3 amide bonds. The third-order valence-electron chi connectivity index (χ3n) is 7.86. The maximum absolute atomic E-state index is 14.1. The predicted molar refractivity (Wildman–Crippen MR) is 166 cm³/mol. The summed E-state index contributed by atoms with van der Waals surface area (Å²) in [6.07, 6.45) is 8.13. The average Bonchev–Trinajstić information content (AvgIpc) is 3.63. The van der Waals surface area contributed by atoms with E-state index in [0.29, 0.717) is 65.2 Å². The van der Waals surface area contributed by atoms with Gasteiger partial charge in [-0.1, -0.05) is 6.07 Å². The highest BCUT2D eigenvalue weighted by molar-refractivity contribution is 7.57. The van der Waals surface area contributed by atoms with Gasteiger partial charge in [0.2, 0.25) is 7.37 Å². The number of ether oxygens (including phenoxy) is 1. The van der Waals surface area contributed by atoms with Gasteiger partial charge >= 0.3 is 12.1 Å². The van der Waals surface area contributed by atoms with Crippen molar-refractivity contribution >= 4 is 41.8 Å². The number of hydrogen-bond acceptors (Lipinski definition) is 10. The van der Waals surface area contributed by atoms with Gasteiger partial charge in [-0.3, -0.25) is 23.8 Å². The van der Waals surface area contributed by atoms with Crippen LogP contribution in [0.1, 0.15) is 19.0 Å². The molecule has 2 saturated heterocycles. The van der Waals surface area contributed by atoms with Crippen molar-refractivity contribution in [2.75, 3.05) is 44.2 Å². The quantitative estimate of drug-likeness (QED) is 0.255. The summed E-state index contributed by atoms with van der Waals surface area (Å²) in [5.41, 5.74) is 8.40. The maximum Gasteiger partial charge on any atom is 0.339 e. The molecule has 1 aromatic carbocycles. The number of benzene rings is 1. The monoisotopic (exact) mass is 632 g/mol. The Morgan fingerprint density at radius 1 is 1.13 bits per heavy atom. The summed E-state index contributed by atoms with van der Waals surface area (Å²) in [7, 11) is -3.09. The lowest BCUT2D eigenvalue weighted by Gasteiger charge is -2.41. The Hall–Kier alpha value is -4.65. The number of ketones is 1. The summed E-state index contributed by atoms with van der Waals surface area (Å²) in [6.45, 7) is 4.87. The van der Waals surface area contributed by atoms with E-state index < -0.39 is 19.4 Å². The number of aromatic nitrogens is 4. The number of nitrogens with zero attached hydrogens (tertiary/aromatic N) is 7. The second kappa shape index (κ2) is 12.4. The topological polar surface area (TPSA) is 166 Å². The standard InChI is InChI=1S/C30H33N8O6P/c1-3-44-45(2,42)19-43-28-14-23-25(13-22(28)20-15-32-18-33-16-20)37(29(31)40)17-26(23)36-11-10-35-9-7-24(38(35)30(36)41)27(39)12-21-6-4-5-8-34-21/h4-6,8,13-18,24H,3,7,9-12,19H2,1-2H3,(H2,31,40)/t24-,45?/m0/s1. The second-order valence-corrected chi connectivity index (χ2v) is 13.5. The predicted octanol–water partition coefficient (Wildman–Crippen LogP) is 3.74. The fraction of sp³-hybridized carbons (Fsp3) is 0.333. The van der Waals surface area contributed by atoms with Crippen LogP contribution in [0.2, 0.25) is 0 Å². The molecule has 45 heavy (non-hydrogen) atoms. The molecule has 0 bridgehead atoms. The number of amides is 3. The molecule has 2 aliphatic rings. The minimum absolute atomic E-state index is 0.102. The molecule has 4 aromatic rings. The summed E-state index contributed by atoms with van der Waals surface area (Å²) < 4.78 is 25.7. The molecule has 2 N–H and O–H groups in total. The Balaban J connectivity index is 1.39. The van der Waals surface area contributed by atoms with Gasteiger partial charge in [0.25, 0.3) is 0 Å². The summed E-state index contributed by atoms with van der Waals surface area (Å²) in [5.74, 6) is 0.230. The Kier molecular flexibility index (Phi) is 8.36. The van der Waals surface area contributed by atoms with Crippen molar-refractivity contribution in [3.8, 4) is 16.9 Å². The average molecular weight is 633 g/mol. The molecule has 6 rings (SSSR count). The van der Waals surface area contributed by atoms with E-state index in [1.165, 1.54) is 28.8 Å². The number of pyridine rings is 1. The highest BCUT2D eigenvalue weighted by Gasteiger charge is 2.45. The van der Waals surface area contributed by atoms with E-state index >= 15 is 0 Å². The van der Waals surface area contributed by atoms with E-state index in [0.717, 1.165) is 0 Å². The third-order valence-corrected chi connectivity index (χ3v) is 9.27. The van der Waals surface area contributed by atoms with E-state index in [1.54, 1.807) is 54.7 Å². The Morgan fingerprint density at radius 2 is 1.93 bits per heavy atom. The van der Waals surface area contributed by atoms with Gasteiger partial charge < -0.3 is 15.0 Å². The lowest BCUT2D eigenvalue weighted by atomic mass is 10.0. The minimum Gasteiger partial charge on any atom is -0.483 e. The molecule has 2 fully saturated rings. The number of urea groups is 1. The van der Waals surface area contributed by atoms with Gasteiger partial charge in [-0.2, -0.15) is 0 Å². The van der Waals surface area contributed by atoms with Crippen LogP contribution in [0.4, 0.5) is 15.3 Å². The first-order chi connectivity index (χ1) is 21.7. The second-order valence-electron chi connectivity index (χ2n) is 10.9. The van der Waals surface area contributed by atoms with E-state index in [2.05, 4.69) is 15.0 Å². The highest BCUT2D eigenvalue weighted by Crippen LogP contribution is 2.45. The molecular weight excluding hydrogens is 599 g/mol. The van der Waals surface area contributed by atoms with E-state index in [-0.39, 0.29) is 31.2 Å². The van der Waals surface area contributed by atoms with Crippen LogP contribution < -0.4 is 15.4 Å². The van der Waals surface area contributed by atoms with Crippen LogP contribution in [-0.2, 0) is 20.3 Å². The molecule has 2 atom stereocenters. The van der Waals surface area contributed by atoms with Gasteiger partial charge in [-0.05, 0) is 37.6 Å². The summed E-state index contributed by atoms with van der Waals surface area (Å²) >= 11 is 0. The highest BCUT2D eigenvalue weighted by atomic mass is 31.2. The van der Waals surface area contributed by atoms with Gasteiger partial charge in [0.05, 0.1) is 24.2 Å². The number of Topliss-reactive ketones (excluding diaryl/α,β-unsaturated/α-hetero) is 1. The molecule has 0 saturated carbocycles. The number of carbonyl (C=O) groups is 3. The maximum atomic E-state index is 14.1. The lowest BCUT2D eigenvalue weighted by Crippen LogP contribution is -2.60. The first-order valence-electron chi connectivity index (χ1n) is 14.5. The number of nitrogens with two attached hydrogens (primary N) is 1. The van der Waals surface area contributed by atoms with Crippen LogP contribution in [-0.4, -0.2) is 92.7 Å². The van der Waals surface area contributed by atoms with Gasteiger partial charge in [0.15, 0.2) is 12.1 Å². The first kappa shape index (κ1) is 30.4. The molecule has 3 aromatic heterocycles. The van der Waals surface area contributed by atoms with Gasteiger partial charge in [-0.15, -0.1) is 0 Å². The van der Waals surface area contributed by atoms with Crippen LogP contribution in [0, 0.1) is 0 Å². The van der Waals surface area contributed by atoms with Crippen LogP contribution >= 0.6 is 7.37 Å². The van der Waals surface area contributed by atoms with Gasteiger partial charge in [0.1, 0.15) is 18.1 Å². The molecule has 1 unspecified atom stereocenters. The lowest BCUT2D eigenvalue weighted by molar-refractivity contribution is -0.124. The summed E-state index contributed by atoms with van der Waals surface area (Å²) in [6, 6.07) is 7.00. The van der Waals surface area contributed by atoms with E-state index in [1.807, 2.05) is 11.1 Å². The van der Waals surface area contributed by atoms with E-state index in [4.69, 9.17) is 15.0 Å². The Bertz CT molecular complexity index is 1800. The molecule has 14 nitrogen and oxygen atoms in total. The molecule has 5 heterocycles. The summed E-state index contributed by atoms with van der Waals surface area (Å²) in [5, 5.41) is 3.91. The molecule has 0 aliphatic carbocycles.